The second-order valence-electron chi connectivity index (χ2n) is 3.23. The maximum Gasteiger partial charge on any atom is 0.111 e. The zero-order chi connectivity index (χ0) is 10.7. The van der Waals surface area contributed by atoms with Crippen molar-refractivity contribution in [3.63, 3.8) is 0 Å². The van der Waals surface area contributed by atoms with Crippen LogP contribution in [0, 0.1) is 0 Å². The Bertz CT molecular complexity index is 411. The fraction of sp³-hybridized carbons (Fsp3) is 0.444. The number of aliphatic hydroxyl groups excluding tert-OH is 1. The van der Waals surface area contributed by atoms with E-state index in [1.807, 2.05) is 13.1 Å². The van der Waals surface area contributed by atoms with E-state index in [0.717, 1.165) is 4.88 Å². The summed E-state index contributed by atoms with van der Waals surface area (Å²) in [5, 5.41) is 17.4. The molecule has 0 aromatic carbocycles. The average Bonchev–Trinajstić information content (AvgIpc) is 2.88. The lowest BCUT2D eigenvalue weighted by molar-refractivity contribution is 0.168. The summed E-state index contributed by atoms with van der Waals surface area (Å²) in [5.41, 5.74) is 2.41. The van der Waals surface area contributed by atoms with Crippen molar-refractivity contribution in [2.45, 2.75) is 26.0 Å². The summed E-state index contributed by atoms with van der Waals surface area (Å²) in [7, 11) is 0. The van der Waals surface area contributed by atoms with Gasteiger partial charge in [-0.15, -0.1) is 16.4 Å². The van der Waals surface area contributed by atoms with Crippen LogP contribution in [0.25, 0.3) is 0 Å². The van der Waals surface area contributed by atoms with Crippen molar-refractivity contribution in [2.75, 3.05) is 0 Å². The molecule has 0 saturated heterocycles. The molecule has 0 saturated carbocycles. The SMILES string of the molecule is CCC(O)c1cn(Cc2cncs2)nn1. The molecule has 0 aliphatic rings. The lowest BCUT2D eigenvalue weighted by Crippen LogP contribution is -1.98. The van der Waals surface area contributed by atoms with Crippen molar-refractivity contribution in [1.82, 2.24) is 20.0 Å². The van der Waals surface area contributed by atoms with Gasteiger partial charge in [-0.1, -0.05) is 12.1 Å². The minimum atomic E-state index is -0.514. The van der Waals surface area contributed by atoms with Gasteiger partial charge in [-0.3, -0.25) is 4.98 Å². The van der Waals surface area contributed by atoms with E-state index in [2.05, 4.69) is 15.3 Å². The molecule has 0 amide bonds. The van der Waals surface area contributed by atoms with E-state index in [9.17, 15) is 5.11 Å². The Hall–Kier alpha value is -1.27. The first-order chi connectivity index (χ1) is 7.29. The van der Waals surface area contributed by atoms with Crippen LogP contribution in [-0.4, -0.2) is 25.1 Å². The molecular weight excluding hydrogens is 212 g/mol. The molecule has 2 aromatic heterocycles. The fourth-order valence-corrected chi connectivity index (χ4v) is 1.82. The van der Waals surface area contributed by atoms with E-state index in [4.69, 9.17) is 0 Å². The molecule has 6 heteroatoms. The molecule has 0 radical (unpaired) electrons. The smallest absolute Gasteiger partial charge is 0.111 e. The van der Waals surface area contributed by atoms with Crippen molar-refractivity contribution in [1.29, 1.82) is 0 Å². The molecule has 0 fully saturated rings. The Balaban J connectivity index is 2.07. The highest BCUT2D eigenvalue weighted by Crippen LogP contribution is 2.13. The highest BCUT2D eigenvalue weighted by molar-refractivity contribution is 7.09. The molecule has 2 rings (SSSR count). The van der Waals surface area contributed by atoms with Gasteiger partial charge in [-0.05, 0) is 6.42 Å². The zero-order valence-corrected chi connectivity index (χ0v) is 9.18. The molecule has 2 heterocycles. The largest absolute Gasteiger partial charge is 0.387 e. The molecule has 5 nitrogen and oxygen atoms in total. The van der Waals surface area contributed by atoms with Crippen LogP contribution in [0.3, 0.4) is 0 Å². The molecule has 80 valence electrons. The van der Waals surface area contributed by atoms with Gasteiger partial charge in [0.1, 0.15) is 5.69 Å². The number of thiazole rings is 1. The van der Waals surface area contributed by atoms with Crippen LogP contribution in [0.5, 0.6) is 0 Å². The van der Waals surface area contributed by atoms with E-state index in [0.29, 0.717) is 18.7 Å². The van der Waals surface area contributed by atoms with Gasteiger partial charge in [0.15, 0.2) is 0 Å². The molecule has 1 unspecified atom stereocenters. The van der Waals surface area contributed by atoms with Crippen LogP contribution < -0.4 is 0 Å². The Labute approximate surface area is 91.4 Å². The topological polar surface area (TPSA) is 63.8 Å². The normalized spacial score (nSPS) is 12.9. The van der Waals surface area contributed by atoms with Crippen molar-refractivity contribution in [2.24, 2.45) is 0 Å². The number of rotatable bonds is 4. The van der Waals surface area contributed by atoms with E-state index in [1.54, 1.807) is 27.7 Å². The van der Waals surface area contributed by atoms with E-state index in [1.165, 1.54) is 0 Å². The van der Waals surface area contributed by atoms with Crippen molar-refractivity contribution >= 4 is 11.3 Å². The Morgan fingerprint density at radius 1 is 1.60 bits per heavy atom. The van der Waals surface area contributed by atoms with Crippen LogP contribution in [0.2, 0.25) is 0 Å². The van der Waals surface area contributed by atoms with E-state index >= 15 is 0 Å². The van der Waals surface area contributed by atoms with Gasteiger partial charge in [0.25, 0.3) is 0 Å². The predicted octanol–water partition coefficient (Wildman–Crippen LogP) is 1.23. The number of hydrogen-bond acceptors (Lipinski definition) is 5. The minimum Gasteiger partial charge on any atom is -0.387 e. The van der Waals surface area contributed by atoms with E-state index < -0.39 is 6.10 Å². The monoisotopic (exact) mass is 224 g/mol. The van der Waals surface area contributed by atoms with Crippen molar-refractivity contribution in [3.8, 4) is 0 Å². The van der Waals surface area contributed by atoms with E-state index in [-0.39, 0.29) is 0 Å². The number of aliphatic hydroxyl groups is 1. The Morgan fingerprint density at radius 3 is 3.13 bits per heavy atom. The fourth-order valence-electron chi connectivity index (χ4n) is 1.23. The lowest BCUT2D eigenvalue weighted by atomic mass is 10.2. The number of nitrogens with zero attached hydrogens (tertiary/aromatic N) is 4. The maximum atomic E-state index is 9.54. The maximum absolute atomic E-state index is 9.54. The third kappa shape index (κ3) is 2.40. The summed E-state index contributed by atoms with van der Waals surface area (Å²) in [4.78, 5) is 5.11. The van der Waals surface area contributed by atoms with Gasteiger partial charge in [0, 0.05) is 11.1 Å². The highest BCUT2D eigenvalue weighted by Gasteiger charge is 2.09. The average molecular weight is 224 g/mol. The van der Waals surface area contributed by atoms with Crippen LogP contribution >= 0.6 is 11.3 Å². The third-order valence-electron chi connectivity index (χ3n) is 2.09. The summed E-state index contributed by atoms with van der Waals surface area (Å²) >= 11 is 1.58. The first-order valence-corrected chi connectivity index (χ1v) is 5.63. The van der Waals surface area contributed by atoms with Crippen molar-refractivity contribution in [3.05, 3.63) is 28.5 Å². The highest BCUT2D eigenvalue weighted by atomic mass is 32.1. The summed E-state index contributed by atoms with van der Waals surface area (Å²) < 4.78 is 1.71. The first-order valence-electron chi connectivity index (χ1n) is 4.75. The van der Waals surface area contributed by atoms with Crippen LogP contribution in [-0.2, 0) is 6.54 Å². The minimum absolute atomic E-state index is 0.514. The summed E-state index contributed by atoms with van der Waals surface area (Å²) in [5.74, 6) is 0. The molecule has 2 aromatic rings. The standard InChI is InChI=1S/C9H12N4OS/c1-2-9(14)8-5-13(12-11-8)4-7-3-10-6-15-7/h3,5-6,9,14H,2,4H2,1H3. The van der Waals surface area contributed by atoms with Gasteiger partial charge in [0.05, 0.1) is 24.4 Å². The van der Waals surface area contributed by atoms with Crippen LogP contribution in [0.15, 0.2) is 17.9 Å². The second-order valence-corrected chi connectivity index (χ2v) is 4.20. The van der Waals surface area contributed by atoms with Gasteiger partial charge in [0.2, 0.25) is 0 Å². The summed E-state index contributed by atoms with van der Waals surface area (Å²) in [6, 6.07) is 0. The van der Waals surface area contributed by atoms with Crippen LogP contribution in [0.1, 0.15) is 30.0 Å². The molecule has 1 N–H and O–H groups in total. The third-order valence-corrected chi connectivity index (χ3v) is 2.85. The lowest BCUT2D eigenvalue weighted by Gasteiger charge is -2.00. The molecule has 15 heavy (non-hydrogen) atoms. The molecule has 0 aliphatic carbocycles. The van der Waals surface area contributed by atoms with Crippen LogP contribution in [0.4, 0.5) is 0 Å². The van der Waals surface area contributed by atoms with Gasteiger partial charge in [-0.2, -0.15) is 0 Å². The van der Waals surface area contributed by atoms with Gasteiger partial charge >= 0.3 is 0 Å². The van der Waals surface area contributed by atoms with Gasteiger partial charge in [-0.25, -0.2) is 4.68 Å². The summed E-state index contributed by atoms with van der Waals surface area (Å²) in [6.07, 6.45) is 3.72. The predicted molar refractivity (Wildman–Crippen MR) is 56.5 cm³/mol. The number of hydrogen-bond donors (Lipinski definition) is 1. The van der Waals surface area contributed by atoms with Gasteiger partial charge < -0.3 is 5.11 Å². The molecule has 0 spiro atoms. The Kier molecular flexibility index (Phi) is 3.08. The number of aromatic nitrogens is 4. The molecule has 0 bridgehead atoms. The Morgan fingerprint density at radius 2 is 2.47 bits per heavy atom. The molecule has 0 aliphatic heterocycles. The first kappa shape index (κ1) is 10.3. The quantitative estimate of drug-likeness (QED) is 0.848. The zero-order valence-electron chi connectivity index (χ0n) is 8.37. The molecule has 1 atom stereocenters. The van der Waals surface area contributed by atoms with Crippen molar-refractivity contribution < 1.29 is 5.11 Å². The second kappa shape index (κ2) is 4.50. The molecular formula is C9H12N4OS. The summed E-state index contributed by atoms with van der Waals surface area (Å²) in [6.45, 7) is 2.57.